The Kier molecular flexibility index (Phi) is 4.76. The predicted octanol–water partition coefficient (Wildman–Crippen LogP) is 1.53. The molecule has 0 saturated heterocycles. The number of aromatic hydroxyl groups is 1. The van der Waals surface area contributed by atoms with E-state index in [1.165, 1.54) is 13.3 Å². The fraction of sp³-hybridized carbons (Fsp3) is 0.111. The monoisotopic (exact) mass is 364 g/mol. The lowest BCUT2D eigenvalue weighted by atomic mass is 10.2. The lowest BCUT2D eigenvalue weighted by molar-refractivity contribution is 0.372. The van der Waals surface area contributed by atoms with E-state index in [2.05, 4.69) is 42.1 Å². The zero-order valence-electron chi connectivity index (χ0n) is 8.82. The van der Waals surface area contributed by atoms with Gasteiger partial charge in [-0.1, -0.05) is 0 Å². The second kappa shape index (κ2) is 5.87. The van der Waals surface area contributed by atoms with Crippen LogP contribution in [0, 0.1) is 0 Å². The molecule has 0 aliphatic rings. The second-order valence-corrected chi connectivity index (χ2v) is 4.55. The van der Waals surface area contributed by atoms with Crippen molar-refractivity contribution in [1.29, 1.82) is 0 Å². The smallest absolute Gasteiger partial charge is 0.211 e. The van der Waals surface area contributed by atoms with Gasteiger partial charge in [0.25, 0.3) is 0 Å². The Morgan fingerprint density at radius 1 is 1.47 bits per heavy atom. The van der Waals surface area contributed by atoms with Crippen molar-refractivity contribution in [3.8, 4) is 11.5 Å². The molecule has 0 bridgehead atoms. The summed E-state index contributed by atoms with van der Waals surface area (Å²) >= 11 is 6.60. The fourth-order valence-electron chi connectivity index (χ4n) is 1.04. The normalized spacial score (nSPS) is 10.5. The van der Waals surface area contributed by atoms with E-state index in [-0.39, 0.29) is 11.7 Å². The van der Waals surface area contributed by atoms with Gasteiger partial charge >= 0.3 is 0 Å². The SMILES string of the molecule is COc1cc(Br)c(Br)c(C=NN=C(N)N)c1O. The van der Waals surface area contributed by atoms with E-state index in [4.69, 9.17) is 16.2 Å². The minimum absolute atomic E-state index is 0.0582. The average Bonchev–Trinajstić information content (AvgIpc) is 2.27. The highest BCUT2D eigenvalue weighted by Crippen LogP contribution is 2.39. The van der Waals surface area contributed by atoms with Crippen LogP contribution in [0.1, 0.15) is 5.56 Å². The van der Waals surface area contributed by atoms with Gasteiger partial charge in [0, 0.05) is 8.95 Å². The summed E-state index contributed by atoms with van der Waals surface area (Å²) in [6.07, 6.45) is 1.31. The molecule has 0 aliphatic heterocycles. The molecular weight excluding hydrogens is 356 g/mol. The van der Waals surface area contributed by atoms with Crippen molar-refractivity contribution in [3.63, 3.8) is 0 Å². The molecular formula is C9H10Br2N4O2. The first-order chi connectivity index (χ1) is 7.97. The highest BCUT2D eigenvalue weighted by Gasteiger charge is 2.13. The van der Waals surface area contributed by atoms with E-state index >= 15 is 0 Å². The van der Waals surface area contributed by atoms with Crippen molar-refractivity contribution < 1.29 is 9.84 Å². The quantitative estimate of drug-likeness (QED) is 0.429. The molecule has 5 N–H and O–H groups in total. The molecule has 1 aromatic carbocycles. The predicted molar refractivity (Wildman–Crippen MR) is 73.5 cm³/mol. The molecule has 0 radical (unpaired) electrons. The summed E-state index contributed by atoms with van der Waals surface area (Å²) in [7, 11) is 1.45. The van der Waals surface area contributed by atoms with Crippen molar-refractivity contribution >= 4 is 44.0 Å². The number of benzene rings is 1. The Morgan fingerprint density at radius 2 is 2.12 bits per heavy atom. The number of hydrogen-bond acceptors (Lipinski definition) is 4. The van der Waals surface area contributed by atoms with E-state index < -0.39 is 0 Å². The molecule has 0 saturated carbocycles. The molecule has 6 nitrogen and oxygen atoms in total. The Labute approximate surface area is 115 Å². The van der Waals surface area contributed by atoms with Crippen LogP contribution in [-0.4, -0.2) is 24.4 Å². The highest BCUT2D eigenvalue weighted by molar-refractivity contribution is 9.13. The summed E-state index contributed by atoms with van der Waals surface area (Å²) in [6.45, 7) is 0. The molecule has 0 unspecified atom stereocenters. The van der Waals surface area contributed by atoms with Crippen LogP contribution in [0.15, 0.2) is 25.2 Å². The zero-order valence-corrected chi connectivity index (χ0v) is 12.0. The van der Waals surface area contributed by atoms with Crippen molar-refractivity contribution in [2.75, 3.05) is 7.11 Å². The number of guanidine groups is 1. The molecule has 1 aromatic rings. The van der Waals surface area contributed by atoms with Gasteiger partial charge in [-0.25, -0.2) is 0 Å². The highest BCUT2D eigenvalue weighted by atomic mass is 79.9. The summed E-state index contributed by atoms with van der Waals surface area (Å²) in [5.41, 5.74) is 10.7. The van der Waals surface area contributed by atoms with Gasteiger partial charge in [-0.3, -0.25) is 0 Å². The van der Waals surface area contributed by atoms with Gasteiger partial charge in [0.05, 0.1) is 18.9 Å². The zero-order chi connectivity index (χ0) is 13.0. The largest absolute Gasteiger partial charge is 0.504 e. The van der Waals surface area contributed by atoms with Gasteiger partial charge in [0.15, 0.2) is 11.5 Å². The minimum Gasteiger partial charge on any atom is -0.504 e. The number of halogens is 2. The van der Waals surface area contributed by atoms with Crippen LogP contribution in [0.4, 0.5) is 0 Å². The van der Waals surface area contributed by atoms with Gasteiger partial charge in [0.2, 0.25) is 5.96 Å². The third-order valence-corrected chi connectivity index (χ3v) is 3.78. The van der Waals surface area contributed by atoms with Crippen LogP contribution < -0.4 is 16.2 Å². The summed E-state index contributed by atoms with van der Waals surface area (Å²) in [6, 6.07) is 1.62. The number of nitrogens with zero attached hydrogens (tertiary/aromatic N) is 2. The number of hydrogen-bond donors (Lipinski definition) is 3. The summed E-state index contributed by atoms with van der Waals surface area (Å²) in [5.74, 6) is 0.0853. The van der Waals surface area contributed by atoms with Crippen molar-refractivity contribution in [1.82, 2.24) is 0 Å². The van der Waals surface area contributed by atoms with Gasteiger partial charge in [-0.05, 0) is 37.9 Å². The third kappa shape index (κ3) is 3.34. The maximum atomic E-state index is 9.88. The maximum Gasteiger partial charge on any atom is 0.211 e. The molecule has 92 valence electrons. The molecule has 8 heteroatoms. The summed E-state index contributed by atoms with van der Waals surface area (Å²) in [5, 5.41) is 16.9. The first kappa shape index (κ1) is 13.8. The molecule has 0 atom stereocenters. The molecule has 0 aromatic heterocycles. The van der Waals surface area contributed by atoms with E-state index in [0.29, 0.717) is 20.3 Å². The molecule has 0 spiro atoms. The molecule has 1 rings (SSSR count). The van der Waals surface area contributed by atoms with Gasteiger partial charge in [0.1, 0.15) is 0 Å². The van der Waals surface area contributed by atoms with E-state index in [9.17, 15) is 5.11 Å². The topological polar surface area (TPSA) is 106 Å². The van der Waals surface area contributed by atoms with Crippen molar-refractivity contribution in [2.45, 2.75) is 0 Å². The molecule has 0 aliphatic carbocycles. The van der Waals surface area contributed by atoms with E-state index in [1.54, 1.807) is 6.07 Å². The standard InChI is InChI=1S/C9H10Br2N4O2/c1-17-6-2-5(10)7(11)4(8(6)16)3-14-15-9(12)13/h2-3,16H,1H3,(H4,12,13,15). The van der Waals surface area contributed by atoms with Crippen LogP contribution in [0.2, 0.25) is 0 Å². The van der Waals surface area contributed by atoms with Crippen LogP contribution in [0.5, 0.6) is 11.5 Å². The third-order valence-electron chi connectivity index (χ3n) is 1.77. The summed E-state index contributed by atoms with van der Waals surface area (Å²) < 4.78 is 6.32. The number of phenols is 1. The molecule has 17 heavy (non-hydrogen) atoms. The van der Waals surface area contributed by atoms with Gasteiger partial charge in [-0.2, -0.15) is 5.10 Å². The first-order valence-electron chi connectivity index (χ1n) is 4.34. The number of rotatable bonds is 3. The number of nitrogens with two attached hydrogens (primary N) is 2. The first-order valence-corrected chi connectivity index (χ1v) is 5.93. The van der Waals surface area contributed by atoms with Gasteiger partial charge < -0.3 is 21.3 Å². The molecule has 0 heterocycles. The Morgan fingerprint density at radius 3 is 2.65 bits per heavy atom. The second-order valence-electron chi connectivity index (χ2n) is 2.91. The van der Waals surface area contributed by atoms with Crippen molar-refractivity contribution in [3.05, 3.63) is 20.6 Å². The Hall–Kier alpha value is -1.28. The van der Waals surface area contributed by atoms with Crippen molar-refractivity contribution in [2.24, 2.45) is 21.7 Å². The van der Waals surface area contributed by atoms with Crippen LogP contribution in [-0.2, 0) is 0 Å². The van der Waals surface area contributed by atoms with Crippen LogP contribution >= 0.6 is 31.9 Å². The molecule has 0 amide bonds. The summed E-state index contributed by atoms with van der Waals surface area (Å²) in [4.78, 5) is 0. The number of phenolic OH excluding ortho intramolecular Hbond substituents is 1. The lowest BCUT2D eigenvalue weighted by Gasteiger charge is -2.09. The maximum absolute atomic E-state index is 9.88. The lowest BCUT2D eigenvalue weighted by Crippen LogP contribution is -2.21. The number of ether oxygens (including phenoxy) is 1. The van der Waals surface area contributed by atoms with Crippen LogP contribution in [0.25, 0.3) is 0 Å². The number of methoxy groups -OCH3 is 1. The van der Waals surface area contributed by atoms with Gasteiger partial charge in [-0.15, -0.1) is 5.10 Å². The van der Waals surface area contributed by atoms with E-state index in [1.807, 2.05) is 0 Å². The molecule has 0 fully saturated rings. The average molecular weight is 366 g/mol. The Bertz CT molecular complexity index is 484. The van der Waals surface area contributed by atoms with E-state index in [0.717, 1.165) is 0 Å². The Balaban J connectivity index is 3.27. The fourth-order valence-corrected chi connectivity index (χ4v) is 1.86. The minimum atomic E-state index is -0.168. The van der Waals surface area contributed by atoms with Crippen LogP contribution in [0.3, 0.4) is 0 Å².